The fraction of sp³-hybridized carbons (Fsp3) is 0.455. The monoisotopic (exact) mass is 297 g/mol. The lowest BCUT2D eigenvalue weighted by atomic mass is 10.3. The van der Waals surface area contributed by atoms with Gasteiger partial charge in [0, 0.05) is 0 Å². The molecule has 0 atom stereocenters. The molecule has 0 amide bonds. The van der Waals surface area contributed by atoms with Crippen molar-refractivity contribution in [3.63, 3.8) is 0 Å². The topological polar surface area (TPSA) is 67.2 Å². The highest BCUT2D eigenvalue weighted by molar-refractivity contribution is 9.10. The fourth-order valence-corrected chi connectivity index (χ4v) is 1.92. The SMILES string of the molecule is C#CCn1ncc(NC2(CO)CC2)c(Br)c1=O. The van der Waals surface area contributed by atoms with E-state index in [9.17, 15) is 9.90 Å². The summed E-state index contributed by atoms with van der Waals surface area (Å²) < 4.78 is 1.59. The van der Waals surface area contributed by atoms with E-state index < -0.39 is 0 Å². The van der Waals surface area contributed by atoms with E-state index in [4.69, 9.17) is 6.42 Å². The lowest BCUT2D eigenvalue weighted by Gasteiger charge is -2.16. The molecular formula is C11H12BrN3O2. The van der Waals surface area contributed by atoms with Crippen molar-refractivity contribution in [3.8, 4) is 12.3 Å². The summed E-state index contributed by atoms with van der Waals surface area (Å²) in [5.41, 5.74) is 0.0334. The van der Waals surface area contributed by atoms with Crippen molar-refractivity contribution in [3.05, 3.63) is 21.0 Å². The van der Waals surface area contributed by atoms with Crippen LogP contribution >= 0.6 is 15.9 Å². The summed E-state index contributed by atoms with van der Waals surface area (Å²) >= 11 is 3.22. The highest BCUT2D eigenvalue weighted by atomic mass is 79.9. The Balaban J connectivity index is 2.29. The van der Waals surface area contributed by atoms with Crippen LogP contribution in [-0.2, 0) is 6.54 Å². The number of nitrogens with zero attached hydrogens (tertiary/aromatic N) is 2. The summed E-state index contributed by atoms with van der Waals surface area (Å²) in [6.45, 7) is 0.190. The minimum Gasteiger partial charge on any atom is -0.394 e. The molecule has 0 aromatic carbocycles. The Hall–Kier alpha value is -1.32. The van der Waals surface area contributed by atoms with Crippen LogP contribution in [0, 0.1) is 12.3 Å². The van der Waals surface area contributed by atoms with Crippen LogP contribution in [0.4, 0.5) is 5.69 Å². The molecule has 17 heavy (non-hydrogen) atoms. The number of hydrogen-bond acceptors (Lipinski definition) is 4. The predicted octanol–water partition coefficient (Wildman–Crippen LogP) is 0.576. The number of terminal acetylenes is 1. The largest absolute Gasteiger partial charge is 0.394 e. The molecule has 6 heteroatoms. The van der Waals surface area contributed by atoms with Crippen LogP contribution < -0.4 is 10.9 Å². The number of halogens is 1. The van der Waals surface area contributed by atoms with Gasteiger partial charge in [0.05, 0.1) is 24.0 Å². The molecule has 1 aliphatic rings. The van der Waals surface area contributed by atoms with Crippen molar-refractivity contribution >= 4 is 21.6 Å². The molecule has 0 bridgehead atoms. The Bertz CT molecular complexity index is 528. The third-order valence-electron chi connectivity index (χ3n) is 2.78. The molecule has 0 spiro atoms. The molecule has 1 aromatic heterocycles. The Morgan fingerprint density at radius 2 is 2.41 bits per heavy atom. The summed E-state index contributed by atoms with van der Waals surface area (Å²) in [7, 11) is 0. The van der Waals surface area contributed by atoms with Crippen LogP contribution in [0.1, 0.15) is 12.8 Å². The van der Waals surface area contributed by atoms with Crippen molar-refractivity contribution in [1.82, 2.24) is 9.78 Å². The van der Waals surface area contributed by atoms with Crippen LogP contribution in [0.3, 0.4) is 0 Å². The van der Waals surface area contributed by atoms with Gasteiger partial charge in [0.2, 0.25) is 0 Å². The van der Waals surface area contributed by atoms with Crippen molar-refractivity contribution < 1.29 is 5.11 Å². The van der Waals surface area contributed by atoms with E-state index in [1.807, 2.05) is 0 Å². The molecule has 0 unspecified atom stereocenters. The fourth-order valence-electron chi connectivity index (χ4n) is 1.51. The smallest absolute Gasteiger partial charge is 0.284 e. The van der Waals surface area contributed by atoms with Gasteiger partial charge in [-0.1, -0.05) is 5.92 Å². The lowest BCUT2D eigenvalue weighted by molar-refractivity contribution is 0.266. The molecule has 1 heterocycles. The minimum atomic E-state index is -0.283. The van der Waals surface area contributed by atoms with Crippen molar-refractivity contribution in [2.24, 2.45) is 0 Å². The Morgan fingerprint density at radius 1 is 1.71 bits per heavy atom. The first kappa shape index (κ1) is 12.1. The molecule has 1 fully saturated rings. The molecule has 1 saturated carbocycles. The van der Waals surface area contributed by atoms with Crippen LogP contribution in [-0.4, -0.2) is 27.0 Å². The maximum atomic E-state index is 11.8. The molecule has 2 N–H and O–H groups in total. The van der Waals surface area contributed by atoms with Crippen molar-refractivity contribution in [2.45, 2.75) is 24.9 Å². The molecule has 90 valence electrons. The highest BCUT2D eigenvalue weighted by Crippen LogP contribution is 2.39. The molecule has 0 aliphatic heterocycles. The zero-order chi connectivity index (χ0) is 12.5. The number of hydrogen-bond donors (Lipinski definition) is 2. The number of anilines is 1. The molecule has 1 aliphatic carbocycles. The zero-order valence-electron chi connectivity index (χ0n) is 9.11. The van der Waals surface area contributed by atoms with Gasteiger partial charge in [-0.25, -0.2) is 4.68 Å². The number of aliphatic hydroxyl groups excluding tert-OH is 1. The zero-order valence-corrected chi connectivity index (χ0v) is 10.7. The maximum Gasteiger partial charge on any atom is 0.284 e. The molecule has 1 aromatic rings. The summed E-state index contributed by atoms with van der Waals surface area (Å²) in [4.78, 5) is 11.8. The quantitative estimate of drug-likeness (QED) is 0.798. The average molecular weight is 298 g/mol. The Labute approximate surface area is 107 Å². The van der Waals surface area contributed by atoms with Crippen LogP contribution in [0.2, 0.25) is 0 Å². The first-order valence-corrected chi connectivity index (χ1v) is 5.99. The van der Waals surface area contributed by atoms with Gasteiger partial charge < -0.3 is 10.4 Å². The van der Waals surface area contributed by atoms with E-state index in [1.54, 1.807) is 6.20 Å². The van der Waals surface area contributed by atoms with Crippen molar-refractivity contribution in [1.29, 1.82) is 0 Å². The van der Waals surface area contributed by atoms with E-state index in [-0.39, 0.29) is 24.2 Å². The van der Waals surface area contributed by atoms with Crippen LogP contribution in [0.15, 0.2) is 15.5 Å². The predicted molar refractivity (Wildman–Crippen MR) is 67.7 cm³/mol. The summed E-state index contributed by atoms with van der Waals surface area (Å²) in [6, 6.07) is 0. The second-order valence-electron chi connectivity index (χ2n) is 4.10. The summed E-state index contributed by atoms with van der Waals surface area (Å²) in [6.07, 6.45) is 8.46. The second kappa shape index (κ2) is 4.51. The molecule has 0 radical (unpaired) electrons. The van der Waals surface area contributed by atoms with E-state index in [0.717, 1.165) is 12.8 Å². The van der Waals surface area contributed by atoms with Crippen LogP contribution in [0.5, 0.6) is 0 Å². The summed E-state index contributed by atoms with van der Waals surface area (Å²) in [5.74, 6) is 2.36. The number of rotatable bonds is 4. The maximum absolute atomic E-state index is 11.8. The van der Waals surface area contributed by atoms with Crippen molar-refractivity contribution in [2.75, 3.05) is 11.9 Å². The first-order valence-electron chi connectivity index (χ1n) is 5.20. The lowest BCUT2D eigenvalue weighted by Crippen LogP contribution is -2.29. The Kier molecular flexibility index (Phi) is 3.22. The van der Waals surface area contributed by atoms with Gasteiger partial charge in [-0.05, 0) is 28.8 Å². The van der Waals surface area contributed by atoms with Gasteiger partial charge in [-0.2, -0.15) is 5.10 Å². The van der Waals surface area contributed by atoms with E-state index in [0.29, 0.717) is 10.2 Å². The van der Waals surface area contributed by atoms with Gasteiger partial charge in [0.25, 0.3) is 5.56 Å². The number of aromatic nitrogens is 2. The van der Waals surface area contributed by atoms with Gasteiger partial charge in [-0.3, -0.25) is 4.79 Å². The van der Waals surface area contributed by atoms with Gasteiger partial charge >= 0.3 is 0 Å². The highest BCUT2D eigenvalue weighted by Gasteiger charge is 2.42. The second-order valence-corrected chi connectivity index (χ2v) is 4.90. The Morgan fingerprint density at radius 3 is 2.94 bits per heavy atom. The van der Waals surface area contributed by atoms with Gasteiger partial charge in [0.1, 0.15) is 11.0 Å². The van der Waals surface area contributed by atoms with Gasteiger partial charge in [0.15, 0.2) is 0 Å². The van der Waals surface area contributed by atoms with E-state index in [2.05, 4.69) is 32.3 Å². The van der Waals surface area contributed by atoms with E-state index in [1.165, 1.54) is 4.68 Å². The minimum absolute atomic E-state index is 0.0485. The molecule has 2 rings (SSSR count). The van der Waals surface area contributed by atoms with Crippen LogP contribution in [0.25, 0.3) is 0 Å². The normalized spacial score (nSPS) is 16.3. The first-order chi connectivity index (χ1) is 8.12. The third-order valence-corrected chi connectivity index (χ3v) is 3.55. The van der Waals surface area contributed by atoms with E-state index >= 15 is 0 Å². The molecule has 5 nitrogen and oxygen atoms in total. The summed E-state index contributed by atoms with van der Waals surface area (Å²) in [5, 5.41) is 16.3. The molecular weight excluding hydrogens is 286 g/mol. The number of nitrogens with one attached hydrogen (secondary N) is 1. The third kappa shape index (κ3) is 2.35. The number of aliphatic hydroxyl groups is 1. The van der Waals surface area contributed by atoms with Gasteiger partial charge in [-0.15, -0.1) is 6.42 Å². The average Bonchev–Trinajstić information content (AvgIpc) is 3.10. The standard InChI is InChI=1S/C11H12BrN3O2/c1-2-5-15-10(17)9(12)8(6-13-15)14-11(7-16)3-4-11/h1,6,14,16H,3-5,7H2. The molecule has 0 saturated heterocycles.